The number of hydrogen-bond donors (Lipinski definition) is 0. The Morgan fingerprint density at radius 1 is 1.10 bits per heavy atom. The average molecular weight is 286 g/mol. The number of halogens is 1. The second-order valence-electron chi connectivity index (χ2n) is 5.60. The van der Waals surface area contributed by atoms with Gasteiger partial charge in [0.15, 0.2) is 0 Å². The Hall–Kier alpha value is -1.98. The van der Waals surface area contributed by atoms with Crippen LogP contribution in [0.4, 0.5) is 0 Å². The Labute approximate surface area is 124 Å². The molecule has 2 nitrogen and oxygen atoms in total. The maximum atomic E-state index is 9.15. The van der Waals surface area contributed by atoms with E-state index < -0.39 is 0 Å². The van der Waals surface area contributed by atoms with Crippen LogP contribution in [0.1, 0.15) is 31.9 Å². The molecule has 0 fully saturated rings. The third kappa shape index (κ3) is 3.12. The molecule has 0 N–H and O–H groups in total. The molecule has 0 heterocycles. The van der Waals surface area contributed by atoms with Crippen molar-refractivity contribution in [2.24, 2.45) is 0 Å². The molecule has 20 heavy (non-hydrogen) atoms. The van der Waals surface area contributed by atoms with Gasteiger partial charge in [-0.1, -0.05) is 50.6 Å². The van der Waals surface area contributed by atoms with Crippen molar-refractivity contribution in [1.29, 1.82) is 5.26 Å². The number of nitrogens with zero attached hydrogens (tertiary/aromatic N) is 1. The summed E-state index contributed by atoms with van der Waals surface area (Å²) in [5, 5.41) is 9.55. The van der Waals surface area contributed by atoms with E-state index in [-0.39, 0.29) is 5.41 Å². The molecule has 0 radical (unpaired) electrons. The Bertz CT molecular complexity index is 665. The van der Waals surface area contributed by atoms with E-state index in [4.69, 9.17) is 21.6 Å². The zero-order chi connectivity index (χ0) is 14.8. The van der Waals surface area contributed by atoms with E-state index in [1.54, 1.807) is 18.2 Å². The van der Waals surface area contributed by atoms with Gasteiger partial charge in [-0.05, 0) is 35.2 Å². The highest BCUT2D eigenvalue weighted by Crippen LogP contribution is 2.32. The van der Waals surface area contributed by atoms with Gasteiger partial charge in [-0.3, -0.25) is 0 Å². The summed E-state index contributed by atoms with van der Waals surface area (Å²) < 4.78 is 5.81. The van der Waals surface area contributed by atoms with Crippen LogP contribution < -0.4 is 4.74 Å². The van der Waals surface area contributed by atoms with Crippen molar-refractivity contribution in [3.8, 4) is 17.6 Å². The zero-order valence-corrected chi connectivity index (χ0v) is 12.5. The largest absolute Gasteiger partial charge is 0.456 e. The topological polar surface area (TPSA) is 33.0 Å². The molecule has 0 aliphatic heterocycles. The molecule has 2 aromatic rings. The standard InChI is InChI=1S/C17H16ClNO/c1-17(2,3)12-6-4-7-13(10-12)20-16-9-5-8-15(18)14(16)11-19/h4-10H,1-3H3. The highest BCUT2D eigenvalue weighted by Gasteiger charge is 2.15. The molecule has 0 amide bonds. The van der Waals surface area contributed by atoms with Crippen molar-refractivity contribution in [3.05, 3.63) is 58.6 Å². The first-order valence-corrected chi connectivity index (χ1v) is 6.76. The summed E-state index contributed by atoms with van der Waals surface area (Å²) in [5.41, 5.74) is 1.58. The van der Waals surface area contributed by atoms with Crippen LogP contribution in [0.3, 0.4) is 0 Å². The summed E-state index contributed by atoms with van der Waals surface area (Å²) >= 11 is 6.00. The first kappa shape index (κ1) is 14.4. The molecular weight excluding hydrogens is 270 g/mol. The van der Waals surface area contributed by atoms with E-state index >= 15 is 0 Å². The van der Waals surface area contributed by atoms with Crippen LogP contribution in [0.25, 0.3) is 0 Å². The lowest BCUT2D eigenvalue weighted by molar-refractivity contribution is 0.477. The summed E-state index contributed by atoms with van der Waals surface area (Å²) in [6.45, 7) is 6.44. The highest BCUT2D eigenvalue weighted by molar-refractivity contribution is 6.31. The van der Waals surface area contributed by atoms with Crippen LogP contribution in [0.5, 0.6) is 11.5 Å². The van der Waals surface area contributed by atoms with Gasteiger partial charge >= 0.3 is 0 Å². The molecule has 0 aliphatic rings. The lowest BCUT2D eigenvalue weighted by Crippen LogP contribution is -2.10. The molecule has 0 aliphatic carbocycles. The smallest absolute Gasteiger partial charge is 0.146 e. The minimum Gasteiger partial charge on any atom is -0.456 e. The maximum Gasteiger partial charge on any atom is 0.146 e. The predicted molar refractivity (Wildman–Crippen MR) is 81.4 cm³/mol. The third-order valence-corrected chi connectivity index (χ3v) is 3.33. The average Bonchev–Trinajstić information content (AvgIpc) is 2.38. The van der Waals surface area contributed by atoms with Crippen molar-refractivity contribution in [2.75, 3.05) is 0 Å². The van der Waals surface area contributed by atoms with E-state index in [1.807, 2.05) is 18.2 Å². The molecule has 2 aromatic carbocycles. The van der Waals surface area contributed by atoms with Gasteiger partial charge in [0.25, 0.3) is 0 Å². The summed E-state index contributed by atoms with van der Waals surface area (Å²) in [6, 6.07) is 15.1. The second-order valence-corrected chi connectivity index (χ2v) is 6.01. The fourth-order valence-corrected chi connectivity index (χ4v) is 2.06. The first-order valence-electron chi connectivity index (χ1n) is 6.39. The molecule has 0 saturated heterocycles. The quantitative estimate of drug-likeness (QED) is 0.750. The van der Waals surface area contributed by atoms with Crippen LogP contribution in [-0.2, 0) is 5.41 Å². The van der Waals surface area contributed by atoms with Crippen LogP contribution >= 0.6 is 11.6 Å². The van der Waals surface area contributed by atoms with E-state index in [1.165, 1.54) is 5.56 Å². The van der Waals surface area contributed by atoms with E-state index in [0.29, 0.717) is 22.1 Å². The Morgan fingerprint density at radius 2 is 1.80 bits per heavy atom. The van der Waals surface area contributed by atoms with Crippen molar-refractivity contribution < 1.29 is 4.74 Å². The first-order chi connectivity index (χ1) is 9.41. The van der Waals surface area contributed by atoms with Crippen LogP contribution in [0, 0.1) is 11.3 Å². The fraction of sp³-hybridized carbons (Fsp3) is 0.235. The molecule has 0 spiro atoms. The summed E-state index contributed by atoms with van der Waals surface area (Å²) in [4.78, 5) is 0. The fourth-order valence-electron chi connectivity index (χ4n) is 1.85. The lowest BCUT2D eigenvalue weighted by atomic mass is 9.87. The number of benzene rings is 2. The number of ether oxygens (including phenoxy) is 1. The number of nitriles is 1. The minimum absolute atomic E-state index is 0.0474. The van der Waals surface area contributed by atoms with E-state index in [0.717, 1.165) is 0 Å². The molecule has 0 unspecified atom stereocenters. The summed E-state index contributed by atoms with van der Waals surface area (Å²) in [5.74, 6) is 1.18. The monoisotopic (exact) mass is 285 g/mol. The Morgan fingerprint density at radius 3 is 2.45 bits per heavy atom. The predicted octanol–water partition coefficient (Wildman–Crippen LogP) is 5.30. The summed E-state index contributed by atoms with van der Waals surface area (Å²) in [6.07, 6.45) is 0. The van der Waals surface area contributed by atoms with Gasteiger partial charge in [0, 0.05) is 0 Å². The third-order valence-electron chi connectivity index (χ3n) is 3.02. The Balaban J connectivity index is 2.37. The second kappa shape index (κ2) is 5.56. The summed E-state index contributed by atoms with van der Waals surface area (Å²) in [7, 11) is 0. The van der Waals surface area contributed by atoms with Gasteiger partial charge in [-0.2, -0.15) is 5.26 Å². The van der Waals surface area contributed by atoms with Crippen molar-refractivity contribution in [2.45, 2.75) is 26.2 Å². The molecular formula is C17H16ClNO. The van der Waals surface area contributed by atoms with Gasteiger partial charge in [0.1, 0.15) is 23.1 Å². The molecule has 0 atom stereocenters. The molecule has 3 heteroatoms. The lowest BCUT2D eigenvalue weighted by Gasteiger charge is -2.19. The molecule has 0 saturated carbocycles. The van der Waals surface area contributed by atoms with Crippen LogP contribution in [0.15, 0.2) is 42.5 Å². The van der Waals surface area contributed by atoms with Gasteiger partial charge in [0.2, 0.25) is 0 Å². The van der Waals surface area contributed by atoms with Gasteiger partial charge in [0.05, 0.1) is 5.02 Å². The van der Waals surface area contributed by atoms with Gasteiger partial charge in [-0.25, -0.2) is 0 Å². The van der Waals surface area contributed by atoms with E-state index in [2.05, 4.69) is 32.9 Å². The number of hydrogen-bond acceptors (Lipinski definition) is 2. The number of rotatable bonds is 2. The molecule has 102 valence electrons. The van der Waals surface area contributed by atoms with Crippen molar-refractivity contribution in [3.63, 3.8) is 0 Å². The zero-order valence-electron chi connectivity index (χ0n) is 11.8. The van der Waals surface area contributed by atoms with Gasteiger partial charge < -0.3 is 4.74 Å². The van der Waals surface area contributed by atoms with Crippen LogP contribution in [-0.4, -0.2) is 0 Å². The highest BCUT2D eigenvalue weighted by atomic mass is 35.5. The SMILES string of the molecule is CC(C)(C)c1cccc(Oc2cccc(Cl)c2C#N)c1. The maximum absolute atomic E-state index is 9.15. The van der Waals surface area contributed by atoms with Crippen molar-refractivity contribution in [1.82, 2.24) is 0 Å². The normalized spacial score (nSPS) is 10.9. The van der Waals surface area contributed by atoms with Gasteiger partial charge in [-0.15, -0.1) is 0 Å². The van der Waals surface area contributed by atoms with Crippen LogP contribution in [0.2, 0.25) is 5.02 Å². The molecule has 0 bridgehead atoms. The van der Waals surface area contributed by atoms with Crippen molar-refractivity contribution >= 4 is 11.6 Å². The molecule has 2 rings (SSSR count). The minimum atomic E-state index is 0.0474. The van der Waals surface area contributed by atoms with E-state index in [9.17, 15) is 0 Å². The Kier molecular flexibility index (Phi) is 4.01. The molecule has 0 aromatic heterocycles.